The molecule has 0 amide bonds. The van der Waals surface area contributed by atoms with Gasteiger partial charge in [-0.25, -0.2) is 4.98 Å². The summed E-state index contributed by atoms with van der Waals surface area (Å²) in [5.41, 5.74) is 0. The SMILES string of the molecule is COCCOCCCn1ccnc1C. The third-order valence-corrected chi connectivity index (χ3v) is 2.04. The van der Waals surface area contributed by atoms with E-state index < -0.39 is 0 Å². The molecule has 14 heavy (non-hydrogen) atoms. The quantitative estimate of drug-likeness (QED) is 0.618. The number of methoxy groups -OCH3 is 1. The van der Waals surface area contributed by atoms with Gasteiger partial charge in [-0.3, -0.25) is 0 Å². The molecule has 0 spiro atoms. The summed E-state index contributed by atoms with van der Waals surface area (Å²) in [7, 11) is 1.68. The fourth-order valence-electron chi connectivity index (χ4n) is 1.22. The van der Waals surface area contributed by atoms with Crippen LogP contribution in [0, 0.1) is 6.92 Å². The molecule has 4 heteroatoms. The summed E-state index contributed by atoms with van der Waals surface area (Å²) in [6, 6.07) is 0. The number of imidazole rings is 1. The molecule has 1 aromatic rings. The van der Waals surface area contributed by atoms with E-state index in [1.807, 2.05) is 19.3 Å². The largest absolute Gasteiger partial charge is 0.382 e. The highest BCUT2D eigenvalue weighted by Gasteiger charge is 1.95. The maximum atomic E-state index is 5.35. The van der Waals surface area contributed by atoms with Crippen LogP contribution in [0.25, 0.3) is 0 Å². The van der Waals surface area contributed by atoms with Gasteiger partial charge in [0.25, 0.3) is 0 Å². The maximum Gasteiger partial charge on any atom is 0.105 e. The molecule has 4 nitrogen and oxygen atoms in total. The second kappa shape index (κ2) is 6.56. The van der Waals surface area contributed by atoms with Crippen molar-refractivity contribution in [1.82, 2.24) is 9.55 Å². The van der Waals surface area contributed by atoms with Crippen LogP contribution < -0.4 is 0 Å². The van der Waals surface area contributed by atoms with Gasteiger partial charge in [0.05, 0.1) is 13.2 Å². The lowest BCUT2D eigenvalue weighted by atomic mass is 10.4. The van der Waals surface area contributed by atoms with Gasteiger partial charge in [-0.1, -0.05) is 0 Å². The minimum Gasteiger partial charge on any atom is -0.382 e. The van der Waals surface area contributed by atoms with Crippen molar-refractivity contribution in [3.05, 3.63) is 18.2 Å². The van der Waals surface area contributed by atoms with Crippen molar-refractivity contribution in [3.63, 3.8) is 0 Å². The van der Waals surface area contributed by atoms with Crippen LogP contribution in [0.2, 0.25) is 0 Å². The third-order valence-electron chi connectivity index (χ3n) is 2.04. The van der Waals surface area contributed by atoms with E-state index in [1.54, 1.807) is 7.11 Å². The van der Waals surface area contributed by atoms with Crippen molar-refractivity contribution in [2.75, 3.05) is 26.9 Å². The van der Waals surface area contributed by atoms with Gasteiger partial charge >= 0.3 is 0 Å². The van der Waals surface area contributed by atoms with Gasteiger partial charge in [0.2, 0.25) is 0 Å². The summed E-state index contributed by atoms with van der Waals surface area (Å²) in [6.45, 7) is 5.11. The molecule has 0 aliphatic heterocycles. The Morgan fingerprint density at radius 3 is 2.86 bits per heavy atom. The van der Waals surface area contributed by atoms with Crippen LogP contribution in [0.4, 0.5) is 0 Å². The van der Waals surface area contributed by atoms with Gasteiger partial charge in [0.15, 0.2) is 0 Å². The lowest BCUT2D eigenvalue weighted by Crippen LogP contribution is -2.06. The van der Waals surface area contributed by atoms with Crippen LogP contribution in [0.3, 0.4) is 0 Å². The van der Waals surface area contributed by atoms with Crippen LogP contribution in [0.1, 0.15) is 12.2 Å². The zero-order valence-electron chi connectivity index (χ0n) is 8.90. The number of aryl methyl sites for hydroxylation is 2. The number of hydrogen-bond acceptors (Lipinski definition) is 3. The zero-order chi connectivity index (χ0) is 10.2. The second-order valence-corrected chi connectivity index (χ2v) is 3.13. The first-order valence-corrected chi connectivity index (χ1v) is 4.89. The van der Waals surface area contributed by atoms with Crippen LogP contribution in [0.15, 0.2) is 12.4 Å². The van der Waals surface area contributed by atoms with Crippen molar-refractivity contribution in [3.8, 4) is 0 Å². The Hall–Kier alpha value is -0.870. The molecule has 1 rings (SSSR count). The summed E-state index contributed by atoms with van der Waals surface area (Å²) < 4.78 is 12.4. The van der Waals surface area contributed by atoms with Crippen LogP contribution in [-0.2, 0) is 16.0 Å². The monoisotopic (exact) mass is 198 g/mol. The second-order valence-electron chi connectivity index (χ2n) is 3.13. The first-order chi connectivity index (χ1) is 6.84. The van der Waals surface area contributed by atoms with Gasteiger partial charge < -0.3 is 14.0 Å². The Morgan fingerprint density at radius 1 is 1.36 bits per heavy atom. The minimum atomic E-state index is 0.671. The van der Waals surface area contributed by atoms with Crippen molar-refractivity contribution >= 4 is 0 Å². The maximum absolute atomic E-state index is 5.35. The molecule has 0 aromatic carbocycles. The molecular weight excluding hydrogens is 180 g/mol. The van der Waals surface area contributed by atoms with E-state index in [2.05, 4.69) is 9.55 Å². The number of ether oxygens (including phenoxy) is 2. The Morgan fingerprint density at radius 2 is 2.21 bits per heavy atom. The summed E-state index contributed by atoms with van der Waals surface area (Å²) in [5.74, 6) is 1.06. The van der Waals surface area contributed by atoms with E-state index >= 15 is 0 Å². The van der Waals surface area contributed by atoms with Gasteiger partial charge in [0.1, 0.15) is 5.82 Å². The van der Waals surface area contributed by atoms with Crippen molar-refractivity contribution in [2.45, 2.75) is 19.9 Å². The zero-order valence-corrected chi connectivity index (χ0v) is 8.90. The Bertz CT molecular complexity index is 248. The molecule has 0 atom stereocenters. The summed E-state index contributed by atoms with van der Waals surface area (Å²) in [5, 5.41) is 0. The number of rotatable bonds is 7. The predicted molar refractivity (Wildman–Crippen MR) is 54.3 cm³/mol. The van der Waals surface area contributed by atoms with Crippen molar-refractivity contribution in [1.29, 1.82) is 0 Å². The molecule has 0 saturated heterocycles. The molecule has 1 heterocycles. The smallest absolute Gasteiger partial charge is 0.105 e. The van der Waals surface area contributed by atoms with E-state index in [4.69, 9.17) is 9.47 Å². The number of nitrogens with zero attached hydrogens (tertiary/aromatic N) is 2. The average Bonchev–Trinajstić information content (AvgIpc) is 2.58. The molecular formula is C10H18N2O2. The standard InChI is InChI=1S/C10H18N2O2/c1-10-11-4-6-12(10)5-3-7-14-9-8-13-2/h4,6H,3,5,7-9H2,1-2H3. The summed E-state index contributed by atoms with van der Waals surface area (Å²) >= 11 is 0. The molecule has 0 N–H and O–H groups in total. The van der Waals surface area contributed by atoms with Crippen molar-refractivity contribution < 1.29 is 9.47 Å². The van der Waals surface area contributed by atoms with Gasteiger partial charge in [-0.05, 0) is 13.3 Å². The third kappa shape index (κ3) is 3.89. The first kappa shape index (κ1) is 11.2. The minimum absolute atomic E-state index is 0.671. The molecule has 0 aliphatic carbocycles. The fourth-order valence-corrected chi connectivity index (χ4v) is 1.22. The van der Waals surface area contributed by atoms with E-state index in [9.17, 15) is 0 Å². The highest BCUT2D eigenvalue weighted by Crippen LogP contribution is 1.97. The average molecular weight is 198 g/mol. The molecule has 80 valence electrons. The van der Waals surface area contributed by atoms with E-state index in [0.717, 1.165) is 25.4 Å². The molecule has 0 fully saturated rings. The van der Waals surface area contributed by atoms with Crippen LogP contribution in [0.5, 0.6) is 0 Å². The fraction of sp³-hybridized carbons (Fsp3) is 0.700. The molecule has 1 aromatic heterocycles. The first-order valence-electron chi connectivity index (χ1n) is 4.89. The van der Waals surface area contributed by atoms with Gasteiger partial charge in [-0.2, -0.15) is 0 Å². The van der Waals surface area contributed by atoms with Crippen molar-refractivity contribution in [2.24, 2.45) is 0 Å². The molecule has 0 radical (unpaired) electrons. The lowest BCUT2D eigenvalue weighted by Gasteiger charge is -2.05. The topological polar surface area (TPSA) is 36.3 Å². The lowest BCUT2D eigenvalue weighted by molar-refractivity contribution is 0.0680. The number of hydrogen-bond donors (Lipinski definition) is 0. The molecule has 0 saturated carbocycles. The number of aromatic nitrogens is 2. The molecule has 0 unspecified atom stereocenters. The summed E-state index contributed by atoms with van der Waals surface area (Å²) in [6.07, 6.45) is 4.83. The highest BCUT2D eigenvalue weighted by atomic mass is 16.5. The van der Waals surface area contributed by atoms with E-state index in [1.165, 1.54) is 0 Å². The highest BCUT2D eigenvalue weighted by molar-refractivity contribution is 4.87. The Kier molecular flexibility index (Phi) is 5.25. The van der Waals surface area contributed by atoms with Crippen LogP contribution in [-0.4, -0.2) is 36.5 Å². The normalized spacial score (nSPS) is 10.7. The molecule has 0 aliphatic rings. The van der Waals surface area contributed by atoms with Gasteiger partial charge in [0, 0.05) is 32.7 Å². The van der Waals surface area contributed by atoms with E-state index in [-0.39, 0.29) is 0 Å². The Balaban J connectivity index is 2.02. The van der Waals surface area contributed by atoms with Crippen LogP contribution >= 0.6 is 0 Å². The summed E-state index contributed by atoms with van der Waals surface area (Å²) in [4.78, 5) is 4.15. The van der Waals surface area contributed by atoms with Gasteiger partial charge in [-0.15, -0.1) is 0 Å². The Labute approximate surface area is 84.9 Å². The molecule has 0 bridgehead atoms. The predicted octanol–water partition coefficient (Wildman–Crippen LogP) is 1.24. The van der Waals surface area contributed by atoms with E-state index in [0.29, 0.717) is 13.2 Å².